The average molecular weight is 1540 g/mol. The quantitative estimate of drug-likeness (QED) is 0.0153. The van der Waals surface area contributed by atoms with E-state index in [2.05, 4.69) is 83.8 Å². The van der Waals surface area contributed by atoms with Gasteiger partial charge in [0.15, 0.2) is 23.8 Å². The molecule has 42 nitrogen and oxygen atoms in total. The van der Waals surface area contributed by atoms with Gasteiger partial charge in [0.05, 0.1) is 13.2 Å². The number of nitrogens with zero attached hydrogens (tertiary/aromatic N) is 4. The SMILES string of the molecule is CC[C@H](C)[C@H](NC(C)=O)C(=O)N[C@@H](CCC(=O)O)C(=O)NCC(=O)N[C@@H](CC(C)C)C(=O)N[C@@H](CCCN=C(N)N)C(=O)N[C@@H](CCCCN)C(=O)N[C@@H](CCCN=C(N)N)C(=O)N[C@@H](CCCN=C(N)N)C(=O)N[C@@H](CCCN=C(N)N)C(=O)N[C@@H](CC(C)C)C(=O)N[C@@H](CC(C)C)C(=O)N[C@@H](CO)C(N)=O. The van der Waals surface area contributed by atoms with Gasteiger partial charge in [0.25, 0.3) is 0 Å². The van der Waals surface area contributed by atoms with Gasteiger partial charge in [-0.25, -0.2) is 0 Å². The van der Waals surface area contributed by atoms with Gasteiger partial charge in [0, 0.05) is 39.5 Å². The molecule has 12 atom stereocenters. The lowest BCUT2D eigenvalue weighted by Gasteiger charge is -2.29. The fraction of sp³-hybridized carbons (Fsp3) is 0.727. The fourth-order valence-electron chi connectivity index (χ4n) is 10.6. The van der Waals surface area contributed by atoms with Crippen molar-refractivity contribution in [2.75, 3.05) is 45.9 Å². The molecule has 0 heterocycles. The number of guanidine groups is 4. The third kappa shape index (κ3) is 43.3. The van der Waals surface area contributed by atoms with Crippen LogP contribution < -0.4 is 121 Å². The Hall–Kier alpha value is -10.4. The highest BCUT2D eigenvalue weighted by molar-refractivity contribution is 5.99. The van der Waals surface area contributed by atoms with Crippen LogP contribution in [0.15, 0.2) is 20.0 Å². The van der Waals surface area contributed by atoms with Gasteiger partial charge in [0.1, 0.15) is 66.5 Å². The normalized spacial score (nSPS) is 14.4. The third-order valence-electron chi connectivity index (χ3n) is 16.3. The second-order valence-electron chi connectivity index (χ2n) is 27.4. The highest BCUT2D eigenvalue weighted by atomic mass is 16.4. The van der Waals surface area contributed by atoms with Crippen LogP contribution in [0.3, 0.4) is 0 Å². The maximum absolute atomic E-state index is 14.8. The van der Waals surface area contributed by atoms with Crippen LogP contribution in [0.2, 0.25) is 0 Å². The Labute approximate surface area is 630 Å². The Morgan fingerprint density at radius 3 is 0.926 bits per heavy atom. The molecule has 0 aromatic rings. The zero-order valence-corrected chi connectivity index (χ0v) is 63.8. The summed E-state index contributed by atoms with van der Waals surface area (Å²) < 4.78 is 0. The summed E-state index contributed by atoms with van der Waals surface area (Å²) in [6, 6.07) is -15.6. The number of amides is 13. The summed E-state index contributed by atoms with van der Waals surface area (Å²) in [6.07, 6.45) is -0.619. The molecule has 13 amide bonds. The predicted molar refractivity (Wildman–Crippen MR) is 403 cm³/mol. The molecule has 34 N–H and O–H groups in total. The van der Waals surface area contributed by atoms with E-state index in [0.717, 1.165) is 0 Å². The summed E-state index contributed by atoms with van der Waals surface area (Å²) in [4.78, 5) is 208. The van der Waals surface area contributed by atoms with Crippen molar-refractivity contribution in [3.8, 4) is 0 Å². The van der Waals surface area contributed by atoms with Crippen molar-refractivity contribution in [2.45, 2.75) is 238 Å². The maximum atomic E-state index is 14.8. The van der Waals surface area contributed by atoms with Crippen LogP contribution in [0.4, 0.5) is 0 Å². The standard InChI is InChI=1S/C66H124N26O16/c1-10-37(8)51(82-38(9)94)62(108)89-44(22-23-50(96)97)53(99)81-32-49(95)83-45(29-34(2)3)59(105)88-42(20-15-27-79-65(73)74)57(103)84-39(17-11-12-24-67)54(100)85-40(18-13-25-77-63(69)70)55(101)86-41(19-14-26-78-64(71)72)56(102)87-43(21-16-28-80-66(75)76)58(104)90-46(30-35(4)5)60(106)91-47(31-36(6)7)61(107)92-48(33-93)52(68)98/h34-37,39-48,51,93H,10-33,67H2,1-9H3,(H2,68,98)(H,81,99)(H,82,94)(H,83,95)(H,84,103)(H,85,100)(H,86,101)(H,87,102)(H,88,105)(H,89,108)(H,90,104)(H,91,106)(H,92,107)(H,96,97)(H4,69,70,77)(H4,71,72,78)(H4,73,74,79)(H4,75,76,80)/t37-,39-,40-,41-,42-,43-,44-,45-,46-,47-,48-,51-/m0/s1. The lowest BCUT2D eigenvalue weighted by atomic mass is 9.97. The zero-order valence-electron chi connectivity index (χ0n) is 63.8. The van der Waals surface area contributed by atoms with E-state index in [-0.39, 0.29) is 158 Å². The Balaban J connectivity index is 7.60. The summed E-state index contributed by atoms with van der Waals surface area (Å²) in [7, 11) is 0. The molecule has 0 fully saturated rings. The number of carboxylic acid groups (broad SMARTS) is 1. The van der Waals surface area contributed by atoms with Crippen LogP contribution in [0.25, 0.3) is 0 Å². The van der Waals surface area contributed by atoms with Crippen LogP contribution in [-0.4, -0.2) is 229 Å². The number of aliphatic hydroxyl groups is 1. The smallest absolute Gasteiger partial charge is 0.303 e. The van der Waals surface area contributed by atoms with E-state index in [0.29, 0.717) is 12.8 Å². The number of aliphatic imine (C=N–C) groups is 4. The first-order valence-corrected chi connectivity index (χ1v) is 36.3. The second kappa shape index (κ2) is 53.4. The van der Waals surface area contributed by atoms with E-state index in [1.165, 1.54) is 6.92 Å². The number of aliphatic carboxylic acids is 1. The molecule has 0 unspecified atom stereocenters. The van der Waals surface area contributed by atoms with Crippen LogP contribution >= 0.6 is 0 Å². The van der Waals surface area contributed by atoms with Crippen LogP contribution in [-0.2, 0) is 67.1 Å². The average Bonchev–Trinajstić information content (AvgIpc) is 0.866. The molecule has 0 aromatic heterocycles. The molecule has 108 heavy (non-hydrogen) atoms. The van der Waals surface area contributed by atoms with Gasteiger partial charge < -0.3 is 131 Å². The van der Waals surface area contributed by atoms with Gasteiger partial charge in [-0.3, -0.25) is 87.1 Å². The van der Waals surface area contributed by atoms with Crippen LogP contribution in [0.5, 0.6) is 0 Å². The first kappa shape index (κ1) is 97.6. The monoisotopic (exact) mass is 1540 g/mol. The molecule has 42 heteroatoms. The van der Waals surface area contributed by atoms with E-state index < -0.39 is 181 Å². The molecule has 0 aliphatic rings. The van der Waals surface area contributed by atoms with Gasteiger partial charge >= 0.3 is 5.97 Å². The van der Waals surface area contributed by atoms with Crippen molar-refractivity contribution >= 4 is 107 Å². The number of nitrogens with two attached hydrogens (primary N) is 10. The molecule has 0 aliphatic carbocycles. The van der Waals surface area contributed by atoms with Crippen molar-refractivity contribution in [1.82, 2.24) is 63.8 Å². The molecule has 0 spiro atoms. The first-order chi connectivity index (χ1) is 50.7. The van der Waals surface area contributed by atoms with E-state index in [1.807, 2.05) is 0 Å². The molecule has 0 aliphatic heterocycles. The number of carbonyl (C=O) groups is 14. The summed E-state index contributed by atoms with van der Waals surface area (Å²) in [5.74, 6) is -15.0. The minimum absolute atomic E-state index is 0.00231. The maximum Gasteiger partial charge on any atom is 0.303 e. The molecule has 0 radical (unpaired) electrons. The number of hydrogen-bond acceptors (Lipinski definition) is 20. The highest BCUT2D eigenvalue weighted by Crippen LogP contribution is 2.15. The molecular formula is C66H124N26O16. The minimum Gasteiger partial charge on any atom is -0.481 e. The number of nitrogens with one attached hydrogen (secondary N) is 12. The van der Waals surface area contributed by atoms with Gasteiger partial charge in [-0.1, -0.05) is 61.8 Å². The second-order valence-corrected chi connectivity index (χ2v) is 27.4. The van der Waals surface area contributed by atoms with Gasteiger partial charge in [-0.2, -0.15) is 0 Å². The number of rotatable bonds is 56. The molecule has 0 rings (SSSR count). The van der Waals surface area contributed by atoms with E-state index in [9.17, 15) is 77.3 Å². The highest BCUT2D eigenvalue weighted by Gasteiger charge is 2.37. The molecular weight excluding hydrogens is 1410 g/mol. The summed E-state index contributed by atoms with van der Waals surface area (Å²) >= 11 is 0. The van der Waals surface area contributed by atoms with Crippen molar-refractivity contribution < 1.29 is 77.3 Å². The Morgan fingerprint density at radius 1 is 0.361 bits per heavy atom. The zero-order chi connectivity index (χ0) is 82.3. The Bertz CT molecular complexity index is 3050. The minimum atomic E-state index is -1.54. The van der Waals surface area contributed by atoms with E-state index >= 15 is 0 Å². The van der Waals surface area contributed by atoms with E-state index in [4.69, 9.17) is 57.3 Å². The van der Waals surface area contributed by atoms with Crippen molar-refractivity contribution in [2.24, 2.45) is 101 Å². The Morgan fingerprint density at radius 2 is 0.648 bits per heavy atom. The van der Waals surface area contributed by atoms with Gasteiger partial charge in [-0.15, -0.1) is 0 Å². The first-order valence-electron chi connectivity index (χ1n) is 36.3. The van der Waals surface area contributed by atoms with Crippen molar-refractivity contribution in [1.29, 1.82) is 0 Å². The number of primary amides is 1. The summed E-state index contributed by atoms with van der Waals surface area (Å²) in [5.41, 5.74) is 56.0. The molecule has 0 aromatic carbocycles. The number of carboxylic acids is 1. The summed E-state index contributed by atoms with van der Waals surface area (Å²) in [5, 5.41) is 50.0. The topological polar surface area (TPSA) is 733 Å². The van der Waals surface area contributed by atoms with Crippen molar-refractivity contribution in [3.63, 3.8) is 0 Å². The van der Waals surface area contributed by atoms with Crippen molar-refractivity contribution in [3.05, 3.63) is 0 Å². The number of aliphatic hydroxyl groups excluding tert-OH is 1. The number of carbonyl (C=O) groups excluding carboxylic acids is 13. The number of hydrogen-bond donors (Lipinski definition) is 24. The largest absolute Gasteiger partial charge is 0.481 e. The summed E-state index contributed by atoms with van der Waals surface area (Å²) in [6.45, 7) is 13.5. The molecule has 0 bridgehead atoms. The lowest BCUT2D eigenvalue weighted by molar-refractivity contribution is -0.138. The molecule has 0 saturated heterocycles. The van der Waals surface area contributed by atoms with Gasteiger partial charge in [-0.05, 0) is 127 Å². The molecule has 0 saturated carbocycles. The Kier molecular flexibility index (Phi) is 48.2. The predicted octanol–water partition coefficient (Wildman–Crippen LogP) is -7.67. The lowest BCUT2D eigenvalue weighted by Crippen LogP contribution is -2.60. The van der Waals surface area contributed by atoms with E-state index in [1.54, 1.807) is 55.4 Å². The van der Waals surface area contributed by atoms with Gasteiger partial charge in [0.2, 0.25) is 76.8 Å². The van der Waals surface area contributed by atoms with Crippen LogP contribution in [0.1, 0.15) is 171 Å². The third-order valence-corrected chi connectivity index (χ3v) is 16.3. The van der Waals surface area contributed by atoms with Crippen LogP contribution in [0, 0.1) is 23.7 Å². The fourth-order valence-corrected chi connectivity index (χ4v) is 10.6. The number of unbranched alkanes of at least 4 members (excludes halogenated alkanes) is 1. The molecule has 614 valence electrons.